The summed E-state index contributed by atoms with van der Waals surface area (Å²) in [6.45, 7) is 2.13. The fourth-order valence-electron chi connectivity index (χ4n) is 3.04. The highest BCUT2D eigenvalue weighted by Gasteiger charge is 2.28. The summed E-state index contributed by atoms with van der Waals surface area (Å²) in [5.74, 6) is -0.440. The number of esters is 1. The van der Waals surface area contributed by atoms with Crippen LogP contribution < -0.4 is 10.9 Å². The molecule has 0 heterocycles. The molecule has 0 aromatic heterocycles. The van der Waals surface area contributed by atoms with Gasteiger partial charge in [-0.25, -0.2) is 10.2 Å². The molecule has 1 aliphatic rings. The van der Waals surface area contributed by atoms with Gasteiger partial charge in [-0.2, -0.15) is 0 Å². The molecular formula is C19H20N2O4. The van der Waals surface area contributed by atoms with Crippen LogP contribution in [0.4, 0.5) is 4.79 Å². The van der Waals surface area contributed by atoms with E-state index < -0.39 is 12.1 Å². The van der Waals surface area contributed by atoms with Gasteiger partial charge in [0.05, 0.1) is 6.61 Å². The molecule has 0 saturated carbocycles. The van der Waals surface area contributed by atoms with Crippen molar-refractivity contribution in [2.45, 2.75) is 12.8 Å². The molecule has 0 unspecified atom stereocenters. The molecule has 0 atom stereocenters. The lowest BCUT2D eigenvalue weighted by Crippen LogP contribution is -2.41. The van der Waals surface area contributed by atoms with E-state index in [4.69, 9.17) is 9.47 Å². The molecule has 6 nitrogen and oxygen atoms in total. The van der Waals surface area contributed by atoms with Crippen LogP contribution in [0.3, 0.4) is 0 Å². The summed E-state index contributed by atoms with van der Waals surface area (Å²) >= 11 is 0. The second-order valence-electron chi connectivity index (χ2n) is 5.61. The number of carbonyl (C=O) groups is 2. The number of hydrogen-bond acceptors (Lipinski definition) is 5. The van der Waals surface area contributed by atoms with Gasteiger partial charge in [0.25, 0.3) is 0 Å². The monoisotopic (exact) mass is 340 g/mol. The van der Waals surface area contributed by atoms with Crippen LogP contribution in [-0.4, -0.2) is 31.8 Å². The van der Waals surface area contributed by atoms with Gasteiger partial charge in [-0.15, -0.1) is 0 Å². The highest BCUT2D eigenvalue weighted by molar-refractivity contribution is 5.79. The van der Waals surface area contributed by atoms with Crippen LogP contribution in [0.5, 0.6) is 0 Å². The largest absolute Gasteiger partial charge is 0.465 e. The van der Waals surface area contributed by atoms with Gasteiger partial charge in [-0.1, -0.05) is 48.5 Å². The van der Waals surface area contributed by atoms with E-state index in [1.807, 2.05) is 24.3 Å². The minimum absolute atomic E-state index is 0.00297. The van der Waals surface area contributed by atoms with E-state index in [1.54, 1.807) is 6.92 Å². The Labute approximate surface area is 146 Å². The first kappa shape index (κ1) is 17.0. The molecule has 3 rings (SSSR count). The highest BCUT2D eigenvalue weighted by atomic mass is 16.6. The van der Waals surface area contributed by atoms with E-state index in [0.29, 0.717) is 6.61 Å². The quantitative estimate of drug-likeness (QED) is 0.624. The lowest BCUT2D eigenvalue weighted by atomic mass is 9.98. The van der Waals surface area contributed by atoms with Crippen LogP contribution in [0.1, 0.15) is 24.0 Å². The van der Waals surface area contributed by atoms with Gasteiger partial charge in [0.15, 0.2) is 0 Å². The number of fused-ring (bicyclic) bond motifs is 3. The van der Waals surface area contributed by atoms with Crippen LogP contribution in [0.15, 0.2) is 48.5 Å². The zero-order valence-electron chi connectivity index (χ0n) is 14.0. The van der Waals surface area contributed by atoms with E-state index in [2.05, 4.69) is 35.1 Å². The highest BCUT2D eigenvalue weighted by Crippen LogP contribution is 2.44. The van der Waals surface area contributed by atoms with Crippen molar-refractivity contribution in [2.75, 3.05) is 19.8 Å². The lowest BCUT2D eigenvalue weighted by Gasteiger charge is -2.14. The Morgan fingerprint density at radius 2 is 1.56 bits per heavy atom. The van der Waals surface area contributed by atoms with Crippen molar-refractivity contribution in [2.24, 2.45) is 0 Å². The maximum absolute atomic E-state index is 11.8. The number of hydrogen-bond donors (Lipinski definition) is 2. The Kier molecular flexibility index (Phi) is 5.30. The molecule has 130 valence electrons. The maximum Gasteiger partial charge on any atom is 0.421 e. The molecule has 6 heteroatoms. The fraction of sp³-hybridized carbons (Fsp3) is 0.263. The summed E-state index contributed by atoms with van der Waals surface area (Å²) in [6, 6.07) is 16.2. The van der Waals surface area contributed by atoms with Crippen LogP contribution >= 0.6 is 0 Å². The van der Waals surface area contributed by atoms with Gasteiger partial charge >= 0.3 is 12.1 Å². The summed E-state index contributed by atoms with van der Waals surface area (Å²) in [7, 11) is 0. The van der Waals surface area contributed by atoms with Crippen molar-refractivity contribution < 1.29 is 19.1 Å². The third kappa shape index (κ3) is 3.80. The van der Waals surface area contributed by atoms with Gasteiger partial charge in [0, 0.05) is 5.92 Å². The summed E-state index contributed by atoms with van der Waals surface area (Å²) in [6.07, 6.45) is -0.633. The molecule has 0 radical (unpaired) electrons. The first-order chi connectivity index (χ1) is 12.2. The van der Waals surface area contributed by atoms with Gasteiger partial charge in [0.2, 0.25) is 0 Å². The summed E-state index contributed by atoms with van der Waals surface area (Å²) in [5, 5.41) is 0. The number of benzene rings is 2. The number of amides is 1. The Bertz CT molecular complexity index is 730. The molecule has 1 aliphatic carbocycles. The topological polar surface area (TPSA) is 76.7 Å². The molecule has 1 amide bonds. The normalized spacial score (nSPS) is 12.2. The van der Waals surface area contributed by atoms with E-state index >= 15 is 0 Å². The van der Waals surface area contributed by atoms with E-state index in [0.717, 1.165) is 11.1 Å². The molecule has 2 aromatic carbocycles. The third-order valence-corrected chi connectivity index (χ3v) is 4.07. The predicted octanol–water partition coefficient (Wildman–Crippen LogP) is 2.59. The molecule has 2 N–H and O–H groups in total. The Morgan fingerprint density at radius 1 is 0.960 bits per heavy atom. The van der Waals surface area contributed by atoms with Gasteiger partial charge in [-0.3, -0.25) is 10.2 Å². The van der Waals surface area contributed by atoms with Crippen molar-refractivity contribution in [1.29, 1.82) is 0 Å². The molecule has 0 aliphatic heterocycles. The van der Waals surface area contributed by atoms with Crippen molar-refractivity contribution >= 4 is 12.1 Å². The molecule has 25 heavy (non-hydrogen) atoms. The average Bonchev–Trinajstić information content (AvgIpc) is 2.94. The van der Waals surface area contributed by atoms with Crippen LogP contribution in [0.2, 0.25) is 0 Å². The van der Waals surface area contributed by atoms with Crippen molar-refractivity contribution in [1.82, 2.24) is 10.9 Å². The minimum Gasteiger partial charge on any atom is -0.465 e. The first-order valence-corrected chi connectivity index (χ1v) is 8.20. The Morgan fingerprint density at radius 3 is 2.16 bits per heavy atom. The standard InChI is InChI=1S/C19H20N2O4/c1-2-24-18(22)11-20-21-19(23)25-12-17-15-9-5-3-7-13(15)14-8-4-6-10-16(14)17/h3-10,17,20H,2,11-12H2,1H3,(H,21,23). The SMILES string of the molecule is CCOC(=O)CNNC(=O)OCC1c2ccccc2-c2ccccc21. The van der Waals surface area contributed by atoms with Crippen molar-refractivity contribution in [3.63, 3.8) is 0 Å². The zero-order chi connectivity index (χ0) is 17.6. The van der Waals surface area contributed by atoms with Gasteiger partial charge in [0.1, 0.15) is 13.2 Å². The molecule has 0 bridgehead atoms. The number of carbonyl (C=O) groups excluding carboxylic acids is 2. The summed E-state index contributed by atoms with van der Waals surface area (Å²) < 4.78 is 10.1. The number of ether oxygens (including phenoxy) is 2. The van der Waals surface area contributed by atoms with E-state index in [-0.39, 0.29) is 19.1 Å². The molecule has 0 fully saturated rings. The zero-order valence-corrected chi connectivity index (χ0v) is 14.0. The number of rotatable bonds is 6. The van der Waals surface area contributed by atoms with E-state index in [1.165, 1.54) is 11.1 Å². The molecular weight excluding hydrogens is 320 g/mol. The van der Waals surface area contributed by atoms with Crippen molar-refractivity contribution in [3.8, 4) is 11.1 Å². The number of nitrogens with one attached hydrogen (secondary N) is 2. The van der Waals surface area contributed by atoms with Gasteiger partial charge < -0.3 is 9.47 Å². The molecule has 0 saturated heterocycles. The lowest BCUT2D eigenvalue weighted by molar-refractivity contribution is -0.142. The van der Waals surface area contributed by atoms with Gasteiger partial charge in [-0.05, 0) is 29.2 Å². The second kappa shape index (κ2) is 7.81. The van der Waals surface area contributed by atoms with Crippen LogP contribution in [-0.2, 0) is 14.3 Å². The third-order valence-electron chi connectivity index (χ3n) is 4.07. The summed E-state index contributed by atoms with van der Waals surface area (Å²) in [5.41, 5.74) is 9.46. The first-order valence-electron chi connectivity index (χ1n) is 8.20. The van der Waals surface area contributed by atoms with Crippen LogP contribution in [0, 0.1) is 0 Å². The van der Waals surface area contributed by atoms with E-state index in [9.17, 15) is 9.59 Å². The second-order valence-corrected chi connectivity index (χ2v) is 5.61. The minimum atomic E-state index is -0.633. The van der Waals surface area contributed by atoms with Crippen LogP contribution in [0.25, 0.3) is 11.1 Å². The smallest absolute Gasteiger partial charge is 0.421 e. The van der Waals surface area contributed by atoms with Crippen molar-refractivity contribution in [3.05, 3.63) is 59.7 Å². The summed E-state index contributed by atoms with van der Waals surface area (Å²) in [4.78, 5) is 23.0. The number of hydrazine groups is 1. The Balaban J connectivity index is 1.58. The predicted molar refractivity (Wildman–Crippen MR) is 92.8 cm³/mol. The molecule has 2 aromatic rings. The average molecular weight is 340 g/mol. The maximum atomic E-state index is 11.8. The Hall–Kier alpha value is -2.86. The molecule has 0 spiro atoms. The fourth-order valence-corrected chi connectivity index (χ4v) is 3.04.